The molecule has 0 fully saturated rings. The highest BCUT2D eigenvalue weighted by Crippen LogP contribution is 2.15. The van der Waals surface area contributed by atoms with Gasteiger partial charge in [0.2, 0.25) is 0 Å². The maximum Gasteiger partial charge on any atom is 0.109 e. The summed E-state index contributed by atoms with van der Waals surface area (Å²) in [7, 11) is 0. The molecular formula is C15H18ClFN2. The summed E-state index contributed by atoms with van der Waals surface area (Å²) in [6.07, 6.45) is 0. The van der Waals surface area contributed by atoms with Crippen LogP contribution in [0, 0.1) is 0 Å². The molecule has 102 valence electrons. The van der Waals surface area contributed by atoms with E-state index in [1.165, 1.54) is 5.56 Å². The molecule has 0 aliphatic carbocycles. The van der Waals surface area contributed by atoms with Crippen molar-refractivity contribution in [3.63, 3.8) is 0 Å². The summed E-state index contributed by atoms with van der Waals surface area (Å²) >= 11 is 0. The van der Waals surface area contributed by atoms with Crippen LogP contribution < -0.4 is 11.1 Å². The predicted octanol–water partition coefficient (Wildman–Crippen LogP) is 3.69. The maximum atomic E-state index is 12.4. The SMILES string of the molecule is Cl.N[C@H](CF)c1ccc(NCc2ccccc2)cc1. The van der Waals surface area contributed by atoms with Gasteiger partial charge in [0.1, 0.15) is 6.67 Å². The van der Waals surface area contributed by atoms with Crippen molar-refractivity contribution in [2.75, 3.05) is 12.0 Å². The lowest BCUT2D eigenvalue weighted by Gasteiger charge is -2.10. The highest BCUT2D eigenvalue weighted by molar-refractivity contribution is 5.85. The Kier molecular flexibility index (Phi) is 6.33. The lowest BCUT2D eigenvalue weighted by atomic mass is 10.1. The van der Waals surface area contributed by atoms with Crippen LogP contribution in [0.5, 0.6) is 0 Å². The molecule has 0 spiro atoms. The van der Waals surface area contributed by atoms with Gasteiger partial charge in [-0.15, -0.1) is 12.4 Å². The van der Waals surface area contributed by atoms with Crippen LogP contribution in [0.4, 0.5) is 10.1 Å². The minimum Gasteiger partial charge on any atom is -0.381 e. The number of hydrogen-bond donors (Lipinski definition) is 2. The Morgan fingerprint density at radius 1 is 1.00 bits per heavy atom. The zero-order chi connectivity index (χ0) is 12.8. The van der Waals surface area contributed by atoms with Crippen molar-refractivity contribution in [1.29, 1.82) is 0 Å². The Morgan fingerprint density at radius 2 is 1.63 bits per heavy atom. The number of alkyl halides is 1. The fraction of sp³-hybridized carbons (Fsp3) is 0.200. The van der Waals surface area contributed by atoms with E-state index in [1.807, 2.05) is 42.5 Å². The minimum atomic E-state index is -0.531. The maximum absolute atomic E-state index is 12.4. The van der Waals surface area contributed by atoms with Crippen LogP contribution in [0.25, 0.3) is 0 Å². The van der Waals surface area contributed by atoms with Crippen LogP contribution >= 0.6 is 12.4 Å². The average Bonchev–Trinajstić information content (AvgIpc) is 2.46. The summed E-state index contributed by atoms with van der Waals surface area (Å²) in [6, 6.07) is 17.2. The second-order valence-corrected chi connectivity index (χ2v) is 4.22. The topological polar surface area (TPSA) is 38.0 Å². The Bertz CT molecular complexity index is 473. The van der Waals surface area contributed by atoms with Gasteiger partial charge < -0.3 is 11.1 Å². The van der Waals surface area contributed by atoms with Gasteiger partial charge in [0.05, 0.1) is 6.04 Å². The summed E-state index contributed by atoms with van der Waals surface area (Å²) in [4.78, 5) is 0. The molecule has 2 aromatic carbocycles. The number of nitrogens with two attached hydrogens (primary N) is 1. The summed E-state index contributed by atoms with van der Waals surface area (Å²) < 4.78 is 12.4. The lowest BCUT2D eigenvalue weighted by molar-refractivity contribution is 0.437. The van der Waals surface area contributed by atoms with Crippen LogP contribution in [0.15, 0.2) is 54.6 Å². The van der Waals surface area contributed by atoms with Gasteiger partial charge in [0.15, 0.2) is 0 Å². The molecule has 0 saturated heterocycles. The Labute approximate surface area is 119 Å². The van der Waals surface area contributed by atoms with Crippen LogP contribution in [-0.4, -0.2) is 6.67 Å². The van der Waals surface area contributed by atoms with E-state index in [1.54, 1.807) is 0 Å². The minimum absolute atomic E-state index is 0. The molecule has 0 aliphatic heterocycles. The van der Waals surface area contributed by atoms with Gasteiger partial charge in [-0.25, -0.2) is 4.39 Å². The van der Waals surface area contributed by atoms with E-state index in [0.29, 0.717) is 0 Å². The number of benzene rings is 2. The Morgan fingerprint density at radius 3 is 2.21 bits per heavy atom. The third-order valence-corrected chi connectivity index (χ3v) is 2.84. The van der Waals surface area contributed by atoms with Crippen molar-refractivity contribution in [3.05, 3.63) is 65.7 Å². The molecule has 0 unspecified atom stereocenters. The number of anilines is 1. The summed E-state index contributed by atoms with van der Waals surface area (Å²) in [6.45, 7) is 0.242. The first-order valence-corrected chi connectivity index (χ1v) is 5.99. The van der Waals surface area contributed by atoms with Crippen molar-refractivity contribution in [2.45, 2.75) is 12.6 Å². The van der Waals surface area contributed by atoms with E-state index in [4.69, 9.17) is 5.73 Å². The van der Waals surface area contributed by atoms with E-state index < -0.39 is 12.7 Å². The zero-order valence-electron chi connectivity index (χ0n) is 10.6. The molecule has 0 heterocycles. The monoisotopic (exact) mass is 280 g/mol. The van der Waals surface area contributed by atoms with E-state index in [0.717, 1.165) is 17.8 Å². The van der Waals surface area contributed by atoms with E-state index in [-0.39, 0.29) is 12.4 Å². The van der Waals surface area contributed by atoms with Crippen molar-refractivity contribution in [2.24, 2.45) is 5.73 Å². The van der Waals surface area contributed by atoms with Crippen LogP contribution in [0.3, 0.4) is 0 Å². The largest absolute Gasteiger partial charge is 0.381 e. The average molecular weight is 281 g/mol. The van der Waals surface area contributed by atoms with Gasteiger partial charge in [0.25, 0.3) is 0 Å². The highest BCUT2D eigenvalue weighted by atomic mass is 35.5. The number of halogens is 2. The molecule has 0 saturated carbocycles. The third-order valence-electron chi connectivity index (χ3n) is 2.84. The lowest BCUT2D eigenvalue weighted by Crippen LogP contribution is -2.11. The number of rotatable bonds is 5. The van der Waals surface area contributed by atoms with Crippen molar-refractivity contribution >= 4 is 18.1 Å². The quantitative estimate of drug-likeness (QED) is 0.877. The summed E-state index contributed by atoms with van der Waals surface area (Å²) in [5.74, 6) is 0. The summed E-state index contributed by atoms with van der Waals surface area (Å²) in [5.41, 5.74) is 8.67. The fourth-order valence-electron chi connectivity index (χ4n) is 1.74. The molecule has 0 aliphatic rings. The van der Waals surface area contributed by atoms with Crippen LogP contribution in [0.1, 0.15) is 17.2 Å². The zero-order valence-corrected chi connectivity index (χ0v) is 11.4. The molecule has 2 nitrogen and oxygen atoms in total. The Balaban J connectivity index is 0.00000180. The van der Waals surface area contributed by atoms with E-state index in [2.05, 4.69) is 17.4 Å². The van der Waals surface area contributed by atoms with Crippen LogP contribution in [0.2, 0.25) is 0 Å². The Hall–Kier alpha value is -1.58. The molecule has 3 N–H and O–H groups in total. The first-order chi connectivity index (χ1) is 8.79. The molecule has 1 atom stereocenters. The van der Waals surface area contributed by atoms with Gasteiger partial charge in [-0.3, -0.25) is 0 Å². The van der Waals surface area contributed by atoms with Crippen LogP contribution in [-0.2, 0) is 6.54 Å². The van der Waals surface area contributed by atoms with E-state index >= 15 is 0 Å². The first-order valence-electron chi connectivity index (χ1n) is 5.99. The van der Waals surface area contributed by atoms with Gasteiger partial charge in [0, 0.05) is 12.2 Å². The molecule has 2 aromatic rings. The van der Waals surface area contributed by atoms with Gasteiger partial charge in [-0.2, -0.15) is 0 Å². The number of hydrogen-bond acceptors (Lipinski definition) is 2. The summed E-state index contributed by atoms with van der Waals surface area (Å²) in [5, 5.41) is 3.31. The smallest absolute Gasteiger partial charge is 0.109 e. The molecule has 4 heteroatoms. The molecule has 0 aromatic heterocycles. The predicted molar refractivity (Wildman–Crippen MR) is 80.4 cm³/mol. The third kappa shape index (κ3) is 4.54. The molecule has 19 heavy (non-hydrogen) atoms. The highest BCUT2D eigenvalue weighted by Gasteiger charge is 2.04. The second kappa shape index (κ2) is 7.77. The molecule has 2 rings (SSSR count). The standard InChI is InChI=1S/C15H17FN2.ClH/c16-10-15(17)13-6-8-14(9-7-13)18-11-12-4-2-1-3-5-12;/h1-9,15,18H,10-11,17H2;1H/t15-;/m1./s1. The fourth-order valence-corrected chi connectivity index (χ4v) is 1.74. The molecule has 0 amide bonds. The normalized spacial score (nSPS) is 11.5. The van der Waals surface area contributed by atoms with Gasteiger partial charge in [-0.1, -0.05) is 42.5 Å². The molecular weight excluding hydrogens is 263 g/mol. The molecule has 0 radical (unpaired) electrons. The molecule has 0 bridgehead atoms. The van der Waals surface area contributed by atoms with Gasteiger partial charge >= 0.3 is 0 Å². The first kappa shape index (κ1) is 15.5. The van der Waals surface area contributed by atoms with Gasteiger partial charge in [-0.05, 0) is 23.3 Å². The van der Waals surface area contributed by atoms with Crippen molar-refractivity contribution < 1.29 is 4.39 Å². The number of nitrogens with one attached hydrogen (secondary N) is 1. The van der Waals surface area contributed by atoms with E-state index in [9.17, 15) is 4.39 Å². The van der Waals surface area contributed by atoms with Crippen molar-refractivity contribution in [3.8, 4) is 0 Å². The van der Waals surface area contributed by atoms with Crippen molar-refractivity contribution in [1.82, 2.24) is 0 Å². The second-order valence-electron chi connectivity index (χ2n) is 4.22.